The van der Waals surface area contributed by atoms with Crippen molar-refractivity contribution in [1.82, 2.24) is 14.5 Å². The molecular formula is C25H22ClN3O3S. The van der Waals surface area contributed by atoms with Crippen LogP contribution in [0.15, 0.2) is 59.7 Å². The molecule has 8 heteroatoms. The summed E-state index contributed by atoms with van der Waals surface area (Å²) in [6.07, 6.45) is 4.11. The van der Waals surface area contributed by atoms with Gasteiger partial charge < -0.3 is 9.47 Å². The average molecular weight is 480 g/mol. The maximum absolute atomic E-state index is 13.3. The Bertz CT molecular complexity index is 1380. The van der Waals surface area contributed by atoms with E-state index in [1.54, 1.807) is 10.9 Å². The van der Waals surface area contributed by atoms with E-state index in [-0.39, 0.29) is 11.7 Å². The van der Waals surface area contributed by atoms with Crippen molar-refractivity contribution in [3.05, 3.63) is 70.2 Å². The van der Waals surface area contributed by atoms with Crippen molar-refractivity contribution in [3.8, 4) is 27.6 Å². The summed E-state index contributed by atoms with van der Waals surface area (Å²) in [6, 6.07) is 15.1. The Balaban J connectivity index is 1.28. The minimum Gasteiger partial charge on any atom is -0.486 e. The fourth-order valence-electron chi connectivity index (χ4n) is 4.45. The lowest BCUT2D eigenvalue weighted by Crippen LogP contribution is -2.39. The predicted octanol–water partition coefficient (Wildman–Crippen LogP) is 5.00. The SMILES string of the molecule is O=c1c2sc(-c3ccc(Cl)cc3)cc2ncn1-c1ccc2c(c1)OC[C@@H](CN1CCCC1)O2. The highest BCUT2D eigenvalue weighted by atomic mass is 35.5. The fraction of sp³-hybridized carbons (Fsp3) is 0.280. The van der Waals surface area contributed by atoms with Gasteiger partial charge in [0.05, 0.1) is 11.2 Å². The first kappa shape index (κ1) is 20.7. The number of rotatable bonds is 4. The van der Waals surface area contributed by atoms with Gasteiger partial charge in [0.2, 0.25) is 0 Å². The smallest absolute Gasteiger partial charge is 0.275 e. The summed E-state index contributed by atoms with van der Waals surface area (Å²) < 4.78 is 14.4. The summed E-state index contributed by atoms with van der Waals surface area (Å²) in [6.45, 7) is 3.66. The van der Waals surface area contributed by atoms with Crippen molar-refractivity contribution >= 4 is 33.2 Å². The van der Waals surface area contributed by atoms with E-state index in [2.05, 4.69) is 9.88 Å². The van der Waals surface area contributed by atoms with Crippen molar-refractivity contribution in [2.24, 2.45) is 0 Å². The Morgan fingerprint density at radius 1 is 1.06 bits per heavy atom. The normalized spacial score (nSPS) is 18.2. The molecule has 0 aliphatic carbocycles. The summed E-state index contributed by atoms with van der Waals surface area (Å²) in [5, 5.41) is 0.682. The van der Waals surface area contributed by atoms with E-state index >= 15 is 0 Å². The van der Waals surface area contributed by atoms with E-state index in [4.69, 9.17) is 21.1 Å². The van der Waals surface area contributed by atoms with Crippen LogP contribution in [0.5, 0.6) is 11.5 Å². The van der Waals surface area contributed by atoms with Crippen LogP contribution in [0.4, 0.5) is 0 Å². The number of aromatic nitrogens is 2. The molecule has 6 rings (SSSR count). The molecule has 0 unspecified atom stereocenters. The molecule has 0 saturated carbocycles. The van der Waals surface area contributed by atoms with E-state index in [0.717, 1.165) is 35.8 Å². The number of fused-ring (bicyclic) bond motifs is 2. The highest BCUT2D eigenvalue weighted by Crippen LogP contribution is 2.35. The van der Waals surface area contributed by atoms with Crippen LogP contribution in [-0.4, -0.2) is 46.8 Å². The molecule has 1 saturated heterocycles. The molecule has 0 radical (unpaired) electrons. The molecule has 4 heterocycles. The number of ether oxygens (including phenoxy) is 2. The van der Waals surface area contributed by atoms with Crippen LogP contribution in [-0.2, 0) is 0 Å². The first-order valence-electron chi connectivity index (χ1n) is 11.1. The van der Waals surface area contributed by atoms with Crippen LogP contribution >= 0.6 is 22.9 Å². The Labute approximate surface area is 200 Å². The first-order valence-corrected chi connectivity index (χ1v) is 12.3. The zero-order chi connectivity index (χ0) is 22.4. The largest absolute Gasteiger partial charge is 0.486 e. The van der Waals surface area contributed by atoms with Gasteiger partial charge in [-0.3, -0.25) is 14.3 Å². The van der Waals surface area contributed by atoms with Crippen LogP contribution in [0.25, 0.3) is 26.3 Å². The molecule has 1 atom stereocenters. The monoisotopic (exact) mass is 479 g/mol. The number of hydrogen-bond acceptors (Lipinski definition) is 6. The maximum Gasteiger partial charge on any atom is 0.275 e. The first-order chi connectivity index (χ1) is 16.1. The highest BCUT2D eigenvalue weighted by Gasteiger charge is 2.25. The van der Waals surface area contributed by atoms with Crippen molar-refractivity contribution < 1.29 is 9.47 Å². The third-order valence-electron chi connectivity index (χ3n) is 6.15. The zero-order valence-corrected chi connectivity index (χ0v) is 19.4. The van der Waals surface area contributed by atoms with E-state index in [1.165, 1.54) is 24.2 Å². The molecule has 0 N–H and O–H groups in total. The minimum absolute atomic E-state index is 0.0274. The van der Waals surface area contributed by atoms with Crippen LogP contribution in [0, 0.1) is 0 Å². The van der Waals surface area contributed by atoms with Gasteiger partial charge in [-0.2, -0.15) is 0 Å². The van der Waals surface area contributed by atoms with Crippen molar-refractivity contribution in [1.29, 1.82) is 0 Å². The molecule has 0 bridgehead atoms. The summed E-state index contributed by atoms with van der Waals surface area (Å²) in [7, 11) is 0. The molecule has 2 aliphatic heterocycles. The molecule has 6 nitrogen and oxygen atoms in total. The maximum atomic E-state index is 13.3. The second kappa shape index (κ2) is 8.48. The van der Waals surface area contributed by atoms with Gasteiger partial charge in [-0.15, -0.1) is 11.3 Å². The third-order valence-corrected chi connectivity index (χ3v) is 7.56. The summed E-state index contributed by atoms with van der Waals surface area (Å²) in [5.74, 6) is 1.38. The van der Waals surface area contributed by atoms with Gasteiger partial charge in [-0.25, -0.2) is 4.98 Å². The average Bonchev–Trinajstić information content (AvgIpc) is 3.50. The third kappa shape index (κ3) is 4.01. The molecule has 33 heavy (non-hydrogen) atoms. The van der Waals surface area contributed by atoms with E-state index in [1.807, 2.05) is 48.5 Å². The van der Waals surface area contributed by atoms with Gasteiger partial charge in [0, 0.05) is 22.5 Å². The molecule has 4 aromatic rings. The van der Waals surface area contributed by atoms with Crippen molar-refractivity contribution in [2.45, 2.75) is 18.9 Å². The predicted molar refractivity (Wildman–Crippen MR) is 131 cm³/mol. The van der Waals surface area contributed by atoms with Crippen LogP contribution < -0.4 is 15.0 Å². The lowest BCUT2D eigenvalue weighted by molar-refractivity contribution is 0.0650. The number of halogens is 1. The van der Waals surface area contributed by atoms with Gasteiger partial charge in [-0.1, -0.05) is 23.7 Å². The quantitative estimate of drug-likeness (QED) is 0.412. The Hall–Kier alpha value is -2.87. The van der Waals surface area contributed by atoms with Gasteiger partial charge in [0.1, 0.15) is 23.7 Å². The fourth-order valence-corrected chi connectivity index (χ4v) is 5.62. The molecule has 2 aromatic heterocycles. The summed E-state index contributed by atoms with van der Waals surface area (Å²) >= 11 is 7.44. The van der Waals surface area contributed by atoms with Gasteiger partial charge in [0.25, 0.3) is 5.56 Å². The minimum atomic E-state index is -0.103. The molecular weight excluding hydrogens is 458 g/mol. The Morgan fingerprint density at radius 3 is 2.70 bits per heavy atom. The standard InChI is InChI=1S/C25H22ClN3O3S/c26-17-5-3-16(4-6-17)23-12-20-24(33-23)25(30)29(15-27-20)18-7-8-21-22(11-18)31-14-19(32-21)13-28-9-1-2-10-28/h3-8,11-12,15,19H,1-2,9-10,13-14H2/t19-/m1/s1. The molecule has 1 fully saturated rings. The number of hydrogen-bond donors (Lipinski definition) is 0. The second-order valence-electron chi connectivity index (χ2n) is 8.44. The number of likely N-dealkylation sites (tertiary alicyclic amines) is 1. The van der Waals surface area contributed by atoms with E-state index in [0.29, 0.717) is 33.3 Å². The summed E-state index contributed by atoms with van der Waals surface area (Å²) in [5.41, 5.74) is 2.30. The molecule has 0 amide bonds. The number of benzene rings is 2. The topological polar surface area (TPSA) is 56.6 Å². The highest BCUT2D eigenvalue weighted by molar-refractivity contribution is 7.22. The van der Waals surface area contributed by atoms with Crippen molar-refractivity contribution in [3.63, 3.8) is 0 Å². The van der Waals surface area contributed by atoms with Gasteiger partial charge >= 0.3 is 0 Å². The molecule has 0 spiro atoms. The van der Waals surface area contributed by atoms with Gasteiger partial charge in [-0.05, 0) is 61.8 Å². The van der Waals surface area contributed by atoms with Crippen LogP contribution in [0.1, 0.15) is 12.8 Å². The number of nitrogens with zero attached hydrogens (tertiary/aromatic N) is 3. The number of thiophene rings is 1. The molecule has 168 valence electrons. The Morgan fingerprint density at radius 2 is 1.88 bits per heavy atom. The van der Waals surface area contributed by atoms with E-state index in [9.17, 15) is 4.79 Å². The summed E-state index contributed by atoms with van der Waals surface area (Å²) in [4.78, 5) is 21.2. The molecule has 2 aromatic carbocycles. The van der Waals surface area contributed by atoms with Crippen molar-refractivity contribution in [2.75, 3.05) is 26.2 Å². The molecule has 2 aliphatic rings. The van der Waals surface area contributed by atoms with Crippen LogP contribution in [0.2, 0.25) is 5.02 Å². The lowest BCUT2D eigenvalue weighted by atomic mass is 10.2. The second-order valence-corrected chi connectivity index (χ2v) is 9.93. The van der Waals surface area contributed by atoms with E-state index < -0.39 is 0 Å². The van der Waals surface area contributed by atoms with Gasteiger partial charge in [0.15, 0.2) is 11.5 Å². The Kier molecular flexibility index (Phi) is 5.32. The zero-order valence-electron chi connectivity index (χ0n) is 17.9. The lowest BCUT2D eigenvalue weighted by Gasteiger charge is -2.29. The van der Waals surface area contributed by atoms with Crippen LogP contribution in [0.3, 0.4) is 0 Å².